The molecule has 2 N–H and O–H groups in total. The summed E-state index contributed by atoms with van der Waals surface area (Å²) in [6, 6.07) is 11.8. The zero-order valence-corrected chi connectivity index (χ0v) is 22.0. The molecule has 4 aromatic rings. The van der Waals surface area contributed by atoms with Crippen LogP contribution in [0.2, 0.25) is 0 Å². The highest BCUT2D eigenvalue weighted by molar-refractivity contribution is 6.09. The SMILES string of the molecule is CCC(F)C(=O)N1CCC(c2ccn3c2C(Nc2ccc(Oc4ccn5ncnc5c4)c(C)c2)=NCN3)CC1. The van der Waals surface area contributed by atoms with Gasteiger partial charge in [0.2, 0.25) is 0 Å². The Balaban J connectivity index is 1.16. The van der Waals surface area contributed by atoms with Crippen molar-refractivity contribution in [3.8, 4) is 11.5 Å². The van der Waals surface area contributed by atoms with Gasteiger partial charge >= 0.3 is 0 Å². The quantitative estimate of drug-likeness (QED) is 0.382. The van der Waals surface area contributed by atoms with E-state index in [-0.39, 0.29) is 18.2 Å². The molecule has 1 atom stereocenters. The van der Waals surface area contributed by atoms with E-state index in [1.807, 2.05) is 54.3 Å². The van der Waals surface area contributed by atoms with Crippen LogP contribution in [0.25, 0.3) is 5.65 Å². The number of rotatable bonds is 6. The van der Waals surface area contributed by atoms with Crippen molar-refractivity contribution < 1.29 is 13.9 Å². The van der Waals surface area contributed by atoms with Crippen molar-refractivity contribution in [1.29, 1.82) is 0 Å². The van der Waals surface area contributed by atoms with Crippen LogP contribution in [0.4, 0.5) is 10.1 Å². The van der Waals surface area contributed by atoms with Gasteiger partial charge in [-0.1, -0.05) is 6.92 Å². The van der Waals surface area contributed by atoms with Gasteiger partial charge in [0.1, 0.15) is 30.2 Å². The third-order valence-corrected chi connectivity index (χ3v) is 7.41. The molecule has 1 unspecified atom stereocenters. The Morgan fingerprint density at radius 2 is 2.05 bits per heavy atom. The van der Waals surface area contributed by atoms with Crippen LogP contribution in [0.1, 0.15) is 48.9 Å². The van der Waals surface area contributed by atoms with Crippen molar-refractivity contribution in [2.24, 2.45) is 4.99 Å². The number of carbonyl (C=O) groups excluding carboxylic acids is 1. The van der Waals surface area contributed by atoms with Crippen LogP contribution in [-0.2, 0) is 4.79 Å². The number of pyridine rings is 1. The van der Waals surface area contributed by atoms with Gasteiger partial charge in [0.15, 0.2) is 17.7 Å². The number of likely N-dealkylation sites (tertiary alicyclic amines) is 1. The van der Waals surface area contributed by atoms with E-state index in [1.54, 1.807) is 16.3 Å². The second kappa shape index (κ2) is 10.4. The number of carbonyl (C=O) groups is 1. The van der Waals surface area contributed by atoms with Gasteiger partial charge in [-0.15, -0.1) is 0 Å². The Morgan fingerprint density at radius 3 is 2.85 bits per heavy atom. The topological polar surface area (TPSA) is 101 Å². The lowest BCUT2D eigenvalue weighted by Gasteiger charge is -2.33. The highest BCUT2D eigenvalue weighted by Crippen LogP contribution is 2.33. The molecule has 0 saturated carbocycles. The summed E-state index contributed by atoms with van der Waals surface area (Å²) in [5.74, 6) is 2.10. The maximum atomic E-state index is 13.9. The monoisotopic (exact) mass is 530 g/mol. The van der Waals surface area contributed by atoms with Crippen molar-refractivity contribution in [1.82, 2.24) is 24.2 Å². The summed E-state index contributed by atoms with van der Waals surface area (Å²) in [5.41, 5.74) is 8.05. The number of hydrogen-bond acceptors (Lipinski definition) is 7. The first-order valence-electron chi connectivity index (χ1n) is 13.3. The number of hydrogen-bond donors (Lipinski definition) is 2. The second-order valence-electron chi connectivity index (χ2n) is 9.92. The number of aromatic nitrogens is 4. The standard InChI is InChI=1S/C28H31FN8O2/c1-3-23(29)28(38)35-10-6-19(7-11-35)22-9-13-37-26(22)27(31-17-33-37)34-20-4-5-24(18(2)14-20)39-21-8-12-36-25(15-21)30-16-32-36/h4-5,8-9,12-16,19,23,33H,3,6-7,10-11,17H2,1-2H3,(H,31,34). The van der Waals surface area contributed by atoms with Gasteiger partial charge in [0.05, 0.1) is 0 Å². The molecule has 6 rings (SSSR count). The molecule has 202 valence electrons. The fourth-order valence-electron chi connectivity index (χ4n) is 5.27. The van der Waals surface area contributed by atoms with Crippen molar-refractivity contribution in [2.45, 2.75) is 45.2 Å². The number of piperidine rings is 1. The van der Waals surface area contributed by atoms with E-state index < -0.39 is 6.17 Å². The highest BCUT2D eigenvalue weighted by atomic mass is 19.1. The number of alkyl halides is 1. The van der Waals surface area contributed by atoms with E-state index in [9.17, 15) is 9.18 Å². The molecular weight excluding hydrogens is 499 g/mol. The Hall–Kier alpha value is -4.41. The van der Waals surface area contributed by atoms with Crippen LogP contribution in [0.5, 0.6) is 11.5 Å². The van der Waals surface area contributed by atoms with Crippen LogP contribution < -0.4 is 15.5 Å². The zero-order chi connectivity index (χ0) is 26.9. The van der Waals surface area contributed by atoms with Crippen LogP contribution >= 0.6 is 0 Å². The first-order chi connectivity index (χ1) is 19.0. The number of aryl methyl sites for hydroxylation is 1. The first-order valence-corrected chi connectivity index (χ1v) is 13.3. The normalized spacial score (nSPS) is 16.4. The molecule has 11 heteroatoms. The minimum absolute atomic E-state index is 0.217. The van der Waals surface area contributed by atoms with E-state index in [0.29, 0.717) is 25.5 Å². The molecule has 0 bridgehead atoms. The van der Waals surface area contributed by atoms with Crippen LogP contribution in [0.15, 0.2) is 60.1 Å². The van der Waals surface area contributed by atoms with Gasteiger partial charge in [-0.3, -0.25) is 9.47 Å². The van der Waals surface area contributed by atoms with E-state index in [2.05, 4.69) is 26.9 Å². The van der Waals surface area contributed by atoms with Crippen molar-refractivity contribution in [3.63, 3.8) is 0 Å². The van der Waals surface area contributed by atoms with Crippen molar-refractivity contribution >= 4 is 23.1 Å². The lowest BCUT2D eigenvalue weighted by atomic mass is 9.89. The predicted octanol–water partition coefficient (Wildman–Crippen LogP) is 4.46. The molecule has 1 fully saturated rings. The largest absolute Gasteiger partial charge is 0.457 e. The Bertz CT molecular complexity index is 1540. The molecule has 1 saturated heterocycles. The lowest BCUT2D eigenvalue weighted by molar-refractivity contribution is -0.137. The molecule has 0 aliphatic carbocycles. The molecule has 5 heterocycles. The minimum Gasteiger partial charge on any atom is -0.457 e. The van der Waals surface area contributed by atoms with Gasteiger partial charge < -0.3 is 20.4 Å². The summed E-state index contributed by atoms with van der Waals surface area (Å²) in [7, 11) is 0. The molecule has 1 aromatic carbocycles. The molecule has 2 aliphatic rings. The fourth-order valence-corrected chi connectivity index (χ4v) is 5.27. The zero-order valence-electron chi connectivity index (χ0n) is 22.0. The van der Waals surface area contributed by atoms with Gasteiger partial charge in [0, 0.05) is 37.2 Å². The number of anilines is 1. The van der Waals surface area contributed by atoms with Crippen LogP contribution in [0.3, 0.4) is 0 Å². The fraction of sp³-hybridized carbons (Fsp3) is 0.357. The molecular formula is C28H31FN8O2. The van der Waals surface area contributed by atoms with Crippen molar-refractivity contribution in [3.05, 3.63) is 71.9 Å². The average molecular weight is 531 g/mol. The van der Waals surface area contributed by atoms with Gasteiger partial charge in [-0.25, -0.2) is 18.9 Å². The number of halogens is 1. The number of amidine groups is 1. The lowest BCUT2D eigenvalue weighted by Crippen LogP contribution is -2.42. The number of ether oxygens (including phenoxy) is 1. The predicted molar refractivity (Wildman–Crippen MR) is 147 cm³/mol. The summed E-state index contributed by atoms with van der Waals surface area (Å²) < 4.78 is 23.7. The Kier molecular flexibility index (Phi) is 6.64. The number of nitrogens with zero attached hydrogens (tertiary/aromatic N) is 6. The van der Waals surface area contributed by atoms with Gasteiger partial charge in [0.25, 0.3) is 5.91 Å². The smallest absolute Gasteiger partial charge is 0.257 e. The van der Waals surface area contributed by atoms with E-state index in [1.165, 1.54) is 11.9 Å². The molecule has 0 radical (unpaired) electrons. The van der Waals surface area contributed by atoms with E-state index in [0.717, 1.165) is 47.0 Å². The second-order valence-corrected chi connectivity index (χ2v) is 9.92. The third kappa shape index (κ3) is 4.91. The molecule has 1 amide bonds. The minimum atomic E-state index is -1.41. The number of nitrogens with one attached hydrogen (secondary N) is 2. The summed E-state index contributed by atoms with van der Waals surface area (Å²) in [6.45, 7) is 5.28. The number of aliphatic imine (C=N–C) groups is 1. The average Bonchev–Trinajstić information content (AvgIpc) is 3.61. The molecule has 39 heavy (non-hydrogen) atoms. The van der Waals surface area contributed by atoms with Gasteiger partial charge in [-0.05, 0) is 73.6 Å². The van der Waals surface area contributed by atoms with Crippen LogP contribution in [-0.4, -0.2) is 61.8 Å². The Labute approximate surface area is 225 Å². The highest BCUT2D eigenvalue weighted by Gasteiger charge is 2.31. The number of fused-ring (bicyclic) bond motifs is 2. The molecule has 2 aliphatic heterocycles. The summed E-state index contributed by atoms with van der Waals surface area (Å²) in [5, 5.41) is 7.62. The number of benzene rings is 1. The summed E-state index contributed by atoms with van der Waals surface area (Å²) in [6.07, 6.45) is 5.73. The van der Waals surface area contributed by atoms with Crippen LogP contribution in [0, 0.1) is 6.92 Å². The maximum Gasteiger partial charge on any atom is 0.257 e. The first kappa shape index (κ1) is 24.9. The maximum absolute atomic E-state index is 13.9. The summed E-state index contributed by atoms with van der Waals surface area (Å²) >= 11 is 0. The number of amides is 1. The summed E-state index contributed by atoms with van der Waals surface area (Å²) in [4.78, 5) is 22.9. The third-order valence-electron chi connectivity index (χ3n) is 7.41. The Morgan fingerprint density at radius 1 is 1.21 bits per heavy atom. The van der Waals surface area contributed by atoms with E-state index in [4.69, 9.17) is 9.73 Å². The van der Waals surface area contributed by atoms with E-state index >= 15 is 0 Å². The molecule has 10 nitrogen and oxygen atoms in total. The molecule has 0 spiro atoms. The van der Waals surface area contributed by atoms with Gasteiger partial charge in [-0.2, -0.15) is 5.10 Å². The molecule has 3 aromatic heterocycles. The van der Waals surface area contributed by atoms with Crippen molar-refractivity contribution in [2.75, 3.05) is 30.5 Å².